The van der Waals surface area contributed by atoms with Crippen molar-refractivity contribution in [3.8, 4) is 0 Å². The highest BCUT2D eigenvalue weighted by atomic mass is 16.1. The monoisotopic (exact) mass is 323 g/mol. The molecule has 0 aliphatic carbocycles. The predicted molar refractivity (Wildman–Crippen MR) is 91.4 cm³/mol. The van der Waals surface area contributed by atoms with Crippen molar-refractivity contribution in [1.82, 2.24) is 24.6 Å². The summed E-state index contributed by atoms with van der Waals surface area (Å²) >= 11 is 0. The number of nitrogens with zero attached hydrogens (tertiary/aromatic N) is 4. The van der Waals surface area contributed by atoms with Crippen LogP contribution in [0.3, 0.4) is 0 Å². The fraction of sp³-hybridized carbons (Fsp3) is 0.278. The maximum atomic E-state index is 12.6. The third kappa shape index (κ3) is 3.71. The summed E-state index contributed by atoms with van der Waals surface area (Å²) in [6, 6.07) is 9.95. The average Bonchev–Trinajstić information content (AvgIpc) is 3.21. The molecule has 0 aliphatic rings. The first-order chi connectivity index (χ1) is 11.6. The molecule has 6 heteroatoms. The first-order valence-electron chi connectivity index (χ1n) is 7.95. The molecule has 3 rings (SSSR count). The summed E-state index contributed by atoms with van der Waals surface area (Å²) in [5.41, 5.74) is 2.44. The summed E-state index contributed by atoms with van der Waals surface area (Å²) in [6.07, 6.45) is 8.01. The zero-order valence-electron chi connectivity index (χ0n) is 13.9. The van der Waals surface area contributed by atoms with Gasteiger partial charge in [-0.15, -0.1) is 0 Å². The highest BCUT2D eigenvalue weighted by molar-refractivity contribution is 5.95. The molecule has 0 bridgehead atoms. The Labute approximate surface area is 141 Å². The third-order valence-corrected chi connectivity index (χ3v) is 4.00. The topological polar surface area (TPSA) is 64.7 Å². The van der Waals surface area contributed by atoms with E-state index in [9.17, 15) is 4.79 Å². The van der Waals surface area contributed by atoms with Gasteiger partial charge < -0.3 is 9.88 Å². The molecule has 6 nitrogen and oxygen atoms in total. The molecule has 0 fully saturated rings. The van der Waals surface area contributed by atoms with E-state index in [4.69, 9.17) is 0 Å². The Kier molecular flexibility index (Phi) is 4.74. The summed E-state index contributed by atoms with van der Waals surface area (Å²) in [5.74, 6) is -0.0971. The van der Waals surface area contributed by atoms with E-state index in [0.29, 0.717) is 5.56 Å². The number of imidazole rings is 1. The second-order valence-corrected chi connectivity index (χ2v) is 5.83. The summed E-state index contributed by atoms with van der Waals surface area (Å²) in [4.78, 5) is 16.7. The molecule has 3 aromatic rings. The normalized spacial score (nSPS) is 12.1. The van der Waals surface area contributed by atoms with Crippen LogP contribution < -0.4 is 5.32 Å². The molecular weight excluding hydrogens is 302 g/mol. The second kappa shape index (κ2) is 7.12. The van der Waals surface area contributed by atoms with Crippen LogP contribution in [0.2, 0.25) is 0 Å². The lowest BCUT2D eigenvalue weighted by Crippen LogP contribution is -2.29. The van der Waals surface area contributed by atoms with Crippen molar-refractivity contribution in [2.24, 2.45) is 7.05 Å². The van der Waals surface area contributed by atoms with Crippen LogP contribution in [-0.2, 0) is 13.6 Å². The van der Waals surface area contributed by atoms with Crippen molar-refractivity contribution in [2.75, 3.05) is 0 Å². The number of hydrogen-bond donors (Lipinski definition) is 1. The Morgan fingerprint density at radius 3 is 2.71 bits per heavy atom. The standard InChI is InChI=1S/C18H21N5O/c1-14-16(12-22(2)21-14)18(24)20-17(15-6-4-3-5-7-15)8-10-23-11-9-19-13-23/h3-7,9,11-13,17H,8,10H2,1-2H3,(H,20,24)/t17-/m1/s1. The minimum absolute atomic E-state index is 0.0688. The van der Waals surface area contributed by atoms with Crippen LogP contribution in [0, 0.1) is 6.92 Å². The van der Waals surface area contributed by atoms with Gasteiger partial charge in [0, 0.05) is 32.2 Å². The van der Waals surface area contributed by atoms with E-state index in [1.807, 2.05) is 55.1 Å². The lowest BCUT2D eigenvalue weighted by atomic mass is 10.0. The molecule has 2 aromatic heterocycles. The van der Waals surface area contributed by atoms with Gasteiger partial charge in [-0.05, 0) is 18.9 Å². The Bertz CT molecular complexity index is 792. The highest BCUT2D eigenvalue weighted by Gasteiger charge is 2.18. The van der Waals surface area contributed by atoms with Crippen LogP contribution in [0.1, 0.15) is 34.1 Å². The molecule has 0 unspecified atom stereocenters. The van der Waals surface area contributed by atoms with Crippen molar-refractivity contribution in [3.63, 3.8) is 0 Å². The number of aromatic nitrogens is 4. The Balaban J connectivity index is 1.76. The number of carbonyl (C=O) groups is 1. The van der Waals surface area contributed by atoms with Crippen LogP contribution in [-0.4, -0.2) is 25.2 Å². The molecular formula is C18H21N5O. The molecule has 1 aromatic carbocycles. The van der Waals surface area contributed by atoms with Gasteiger partial charge in [0.1, 0.15) is 0 Å². The number of amides is 1. The number of aryl methyl sites for hydroxylation is 3. The number of rotatable bonds is 6. The van der Waals surface area contributed by atoms with E-state index in [1.54, 1.807) is 23.4 Å². The van der Waals surface area contributed by atoms with Crippen molar-refractivity contribution >= 4 is 5.91 Å². The largest absolute Gasteiger partial charge is 0.345 e. The molecule has 124 valence electrons. The lowest BCUT2D eigenvalue weighted by Gasteiger charge is -2.19. The fourth-order valence-electron chi connectivity index (χ4n) is 2.76. The van der Waals surface area contributed by atoms with E-state index in [-0.39, 0.29) is 11.9 Å². The third-order valence-electron chi connectivity index (χ3n) is 4.00. The quantitative estimate of drug-likeness (QED) is 0.758. The van der Waals surface area contributed by atoms with Gasteiger partial charge >= 0.3 is 0 Å². The van der Waals surface area contributed by atoms with Gasteiger partial charge in [-0.2, -0.15) is 5.10 Å². The van der Waals surface area contributed by atoms with Gasteiger partial charge in [-0.1, -0.05) is 30.3 Å². The summed E-state index contributed by atoms with van der Waals surface area (Å²) in [7, 11) is 1.82. The van der Waals surface area contributed by atoms with Crippen LogP contribution in [0.5, 0.6) is 0 Å². The van der Waals surface area contributed by atoms with Gasteiger partial charge in [0.2, 0.25) is 0 Å². The van der Waals surface area contributed by atoms with E-state index >= 15 is 0 Å². The zero-order valence-corrected chi connectivity index (χ0v) is 13.9. The van der Waals surface area contributed by atoms with Gasteiger partial charge in [0.15, 0.2) is 0 Å². The van der Waals surface area contributed by atoms with Crippen LogP contribution in [0.15, 0.2) is 55.2 Å². The van der Waals surface area contributed by atoms with Gasteiger partial charge in [-0.3, -0.25) is 9.48 Å². The Hall–Kier alpha value is -2.89. The predicted octanol–water partition coefficient (Wildman–Crippen LogP) is 2.49. The first kappa shape index (κ1) is 16.0. The zero-order chi connectivity index (χ0) is 16.9. The smallest absolute Gasteiger partial charge is 0.255 e. The van der Waals surface area contributed by atoms with Crippen molar-refractivity contribution in [2.45, 2.75) is 25.9 Å². The maximum Gasteiger partial charge on any atom is 0.255 e. The Morgan fingerprint density at radius 2 is 2.08 bits per heavy atom. The minimum Gasteiger partial charge on any atom is -0.345 e. The highest BCUT2D eigenvalue weighted by Crippen LogP contribution is 2.19. The van der Waals surface area contributed by atoms with Crippen molar-refractivity contribution in [1.29, 1.82) is 0 Å². The van der Waals surface area contributed by atoms with Crippen LogP contribution in [0.4, 0.5) is 0 Å². The van der Waals surface area contributed by atoms with Gasteiger partial charge in [0.05, 0.1) is 23.6 Å². The molecule has 0 saturated heterocycles. The van der Waals surface area contributed by atoms with Crippen molar-refractivity contribution in [3.05, 3.63) is 72.1 Å². The van der Waals surface area contributed by atoms with E-state index in [2.05, 4.69) is 15.4 Å². The van der Waals surface area contributed by atoms with Crippen LogP contribution >= 0.6 is 0 Å². The summed E-state index contributed by atoms with van der Waals surface area (Å²) in [5, 5.41) is 7.38. The molecule has 0 spiro atoms. The van der Waals surface area contributed by atoms with Crippen molar-refractivity contribution < 1.29 is 4.79 Å². The second-order valence-electron chi connectivity index (χ2n) is 5.83. The molecule has 0 radical (unpaired) electrons. The summed E-state index contributed by atoms with van der Waals surface area (Å²) in [6.45, 7) is 2.63. The molecule has 24 heavy (non-hydrogen) atoms. The van der Waals surface area contributed by atoms with E-state index < -0.39 is 0 Å². The number of hydrogen-bond acceptors (Lipinski definition) is 3. The molecule has 1 amide bonds. The lowest BCUT2D eigenvalue weighted by molar-refractivity contribution is 0.0933. The van der Waals surface area contributed by atoms with E-state index in [1.165, 1.54) is 0 Å². The Morgan fingerprint density at radius 1 is 1.29 bits per heavy atom. The van der Waals surface area contributed by atoms with E-state index in [0.717, 1.165) is 24.2 Å². The van der Waals surface area contributed by atoms with Gasteiger partial charge in [0.25, 0.3) is 5.91 Å². The number of nitrogens with one attached hydrogen (secondary N) is 1. The van der Waals surface area contributed by atoms with Crippen LogP contribution in [0.25, 0.3) is 0 Å². The number of benzene rings is 1. The van der Waals surface area contributed by atoms with Gasteiger partial charge in [-0.25, -0.2) is 4.98 Å². The first-order valence-corrected chi connectivity index (χ1v) is 7.95. The molecule has 1 atom stereocenters. The maximum absolute atomic E-state index is 12.6. The molecule has 0 aliphatic heterocycles. The summed E-state index contributed by atoms with van der Waals surface area (Å²) < 4.78 is 3.67. The number of carbonyl (C=O) groups excluding carboxylic acids is 1. The molecule has 2 heterocycles. The SMILES string of the molecule is Cc1nn(C)cc1C(=O)N[C@H](CCn1ccnc1)c1ccccc1. The fourth-order valence-corrected chi connectivity index (χ4v) is 2.76. The average molecular weight is 323 g/mol. The molecule has 0 saturated carbocycles. The molecule has 1 N–H and O–H groups in total. The minimum atomic E-state index is -0.0971.